The standard InChI is InChI=1S/C21H21NO5/c23-20(24)13-9-14(26-11-13)10-22-21(25)27-12-19-17-7-3-1-5-15(17)16-6-2-4-8-18(16)19/h1-8,13-14,19H,9-12H2,(H,22,25)(H,23,24)/t13-,14-/m0/s1. The summed E-state index contributed by atoms with van der Waals surface area (Å²) in [4.78, 5) is 23.0. The third-order valence-electron chi connectivity index (χ3n) is 5.25. The SMILES string of the molecule is O=C(NC[C@@H]1C[C@H](C(=O)O)CO1)OCC1c2ccccc2-c2ccccc21. The van der Waals surface area contributed by atoms with Gasteiger partial charge in [-0.25, -0.2) is 4.79 Å². The van der Waals surface area contributed by atoms with E-state index in [0.29, 0.717) is 6.42 Å². The molecule has 6 nitrogen and oxygen atoms in total. The number of carbonyl (C=O) groups excluding carboxylic acids is 1. The van der Waals surface area contributed by atoms with Gasteiger partial charge in [0.25, 0.3) is 0 Å². The van der Waals surface area contributed by atoms with E-state index in [9.17, 15) is 9.59 Å². The highest BCUT2D eigenvalue weighted by Gasteiger charge is 2.31. The van der Waals surface area contributed by atoms with Gasteiger partial charge in [0.2, 0.25) is 0 Å². The highest BCUT2D eigenvalue weighted by atomic mass is 16.5. The lowest BCUT2D eigenvalue weighted by Gasteiger charge is -2.15. The van der Waals surface area contributed by atoms with Crippen LogP contribution in [0.3, 0.4) is 0 Å². The molecule has 1 heterocycles. The number of fused-ring (bicyclic) bond motifs is 3. The molecule has 27 heavy (non-hydrogen) atoms. The van der Waals surface area contributed by atoms with Crippen molar-refractivity contribution in [1.29, 1.82) is 0 Å². The topological polar surface area (TPSA) is 84.9 Å². The molecule has 2 aliphatic rings. The minimum Gasteiger partial charge on any atom is -0.481 e. The number of rotatable bonds is 5. The molecule has 140 valence electrons. The molecule has 2 aromatic rings. The fourth-order valence-electron chi connectivity index (χ4n) is 3.87. The number of carboxylic acid groups (broad SMARTS) is 1. The van der Waals surface area contributed by atoms with E-state index in [1.807, 2.05) is 24.3 Å². The number of amides is 1. The molecule has 2 aromatic carbocycles. The molecule has 6 heteroatoms. The largest absolute Gasteiger partial charge is 0.481 e. The van der Waals surface area contributed by atoms with Gasteiger partial charge in [-0.2, -0.15) is 0 Å². The van der Waals surface area contributed by atoms with Gasteiger partial charge in [-0.1, -0.05) is 48.5 Å². The molecule has 0 unspecified atom stereocenters. The fourth-order valence-corrected chi connectivity index (χ4v) is 3.87. The molecule has 1 amide bonds. The monoisotopic (exact) mass is 367 g/mol. The number of ether oxygens (including phenoxy) is 2. The van der Waals surface area contributed by atoms with Crippen molar-refractivity contribution in [3.05, 3.63) is 59.7 Å². The molecule has 1 saturated heterocycles. The van der Waals surface area contributed by atoms with E-state index >= 15 is 0 Å². The van der Waals surface area contributed by atoms with Gasteiger partial charge in [0.1, 0.15) is 6.61 Å². The third kappa shape index (κ3) is 3.53. The summed E-state index contributed by atoms with van der Waals surface area (Å²) in [5.41, 5.74) is 4.69. The second kappa shape index (κ2) is 7.40. The van der Waals surface area contributed by atoms with E-state index in [1.54, 1.807) is 0 Å². The number of carbonyl (C=O) groups is 2. The maximum absolute atomic E-state index is 12.1. The second-order valence-electron chi connectivity index (χ2n) is 6.93. The number of hydrogen-bond acceptors (Lipinski definition) is 4. The van der Waals surface area contributed by atoms with Crippen molar-refractivity contribution < 1.29 is 24.2 Å². The summed E-state index contributed by atoms with van der Waals surface area (Å²) < 4.78 is 10.8. The summed E-state index contributed by atoms with van der Waals surface area (Å²) in [6, 6.07) is 16.3. The Kier molecular flexibility index (Phi) is 4.81. The normalized spacial score (nSPS) is 20.7. The van der Waals surface area contributed by atoms with Crippen LogP contribution in [-0.2, 0) is 14.3 Å². The molecule has 1 aliphatic carbocycles. The van der Waals surface area contributed by atoms with E-state index in [-0.39, 0.29) is 31.8 Å². The molecule has 0 aromatic heterocycles. The zero-order valence-corrected chi connectivity index (χ0v) is 14.8. The van der Waals surface area contributed by atoms with Crippen molar-refractivity contribution in [3.63, 3.8) is 0 Å². The Morgan fingerprint density at radius 3 is 2.30 bits per heavy atom. The number of nitrogens with one attached hydrogen (secondary N) is 1. The van der Waals surface area contributed by atoms with Gasteiger partial charge in [0.15, 0.2) is 0 Å². The van der Waals surface area contributed by atoms with E-state index in [2.05, 4.69) is 29.6 Å². The minimum atomic E-state index is -0.862. The Balaban J connectivity index is 1.34. The first-order chi connectivity index (χ1) is 13.1. The predicted molar refractivity (Wildman–Crippen MR) is 98.6 cm³/mol. The van der Waals surface area contributed by atoms with Crippen molar-refractivity contribution in [2.24, 2.45) is 5.92 Å². The molecule has 2 N–H and O–H groups in total. The Hall–Kier alpha value is -2.86. The number of alkyl carbamates (subject to hydrolysis) is 1. The molecule has 0 radical (unpaired) electrons. The maximum Gasteiger partial charge on any atom is 0.407 e. The van der Waals surface area contributed by atoms with Gasteiger partial charge in [-0.3, -0.25) is 4.79 Å². The molecule has 0 spiro atoms. The summed E-state index contributed by atoms with van der Waals surface area (Å²) >= 11 is 0. The fraction of sp³-hybridized carbons (Fsp3) is 0.333. The molecule has 1 aliphatic heterocycles. The molecule has 2 atom stereocenters. The third-order valence-corrected chi connectivity index (χ3v) is 5.25. The highest BCUT2D eigenvalue weighted by Crippen LogP contribution is 2.44. The number of aliphatic carboxylic acids is 1. The van der Waals surface area contributed by atoms with Crippen LogP contribution in [0.5, 0.6) is 0 Å². The summed E-state index contributed by atoms with van der Waals surface area (Å²) in [6.07, 6.45) is -0.398. The second-order valence-corrected chi connectivity index (χ2v) is 6.93. The average molecular weight is 367 g/mol. The number of hydrogen-bond donors (Lipinski definition) is 2. The van der Waals surface area contributed by atoms with Gasteiger partial charge in [0.05, 0.1) is 18.6 Å². The van der Waals surface area contributed by atoms with Crippen LogP contribution in [0, 0.1) is 5.92 Å². The van der Waals surface area contributed by atoms with Crippen LogP contribution >= 0.6 is 0 Å². The van der Waals surface area contributed by atoms with E-state index in [4.69, 9.17) is 14.6 Å². The lowest BCUT2D eigenvalue weighted by Crippen LogP contribution is -2.33. The molecular weight excluding hydrogens is 346 g/mol. The Labute approximate surface area is 157 Å². The van der Waals surface area contributed by atoms with Gasteiger partial charge in [0, 0.05) is 12.5 Å². The van der Waals surface area contributed by atoms with Crippen LogP contribution in [0.4, 0.5) is 4.79 Å². The molecule has 1 fully saturated rings. The average Bonchev–Trinajstić information content (AvgIpc) is 3.28. The van der Waals surface area contributed by atoms with Crippen molar-refractivity contribution in [1.82, 2.24) is 5.32 Å². The smallest absolute Gasteiger partial charge is 0.407 e. The van der Waals surface area contributed by atoms with Crippen molar-refractivity contribution in [2.75, 3.05) is 19.8 Å². The van der Waals surface area contributed by atoms with Gasteiger partial charge < -0.3 is 19.9 Å². The zero-order chi connectivity index (χ0) is 18.8. The Bertz CT molecular complexity index is 820. The van der Waals surface area contributed by atoms with Gasteiger partial charge in [-0.15, -0.1) is 0 Å². The first-order valence-electron chi connectivity index (χ1n) is 9.06. The van der Waals surface area contributed by atoms with E-state index in [0.717, 1.165) is 11.1 Å². The lowest BCUT2D eigenvalue weighted by molar-refractivity contribution is -0.141. The van der Waals surface area contributed by atoms with E-state index < -0.39 is 18.0 Å². The predicted octanol–water partition coefficient (Wildman–Crippen LogP) is 3.01. The van der Waals surface area contributed by atoms with Gasteiger partial charge >= 0.3 is 12.1 Å². The van der Waals surface area contributed by atoms with Crippen LogP contribution < -0.4 is 5.32 Å². The van der Waals surface area contributed by atoms with Crippen LogP contribution in [-0.4, -0.2) is 43.0 Å². The van der Waals surface area contributed by atoms with Crippen LogP contribution in [0.2, 0.25) is 0 Å². The summed E-state index contributed by atoms with van der Waals surface area (Å²) in [7, 11) is 0. The van der Waals surface area contributed by atoms with Crippen molar-refractivity contribution in [2.45, 2.75) is 18.4 Å². The maximum atomic E-state index is 12.1. The lowest BCUT2D eigenvalue weighted by atomic mass is 9.98. The van der Waals surface area contributed by atoms with E-state index in [1.165, 1.54) is 11.1 Å². The van der Waals surface area contributed by atoms with Crippen molar-refractivity contribution >= 4 is 12.1 Å². The van der Waals surface area contributed by atoms with Crippen molar-refractivity contribution in [3.8, 4) is 11.1 Å². The minimum absolute atomic E-state index is 0.0160. The van der Waals surface area contributed by atoms with Gasteiger partial charge in [-0.05, 0) is 28.7 Å². The number of benzene rings is 2. The first-order valence-corrected chi connectivity index (χ1v) is 9.06. The summed E-state index contributed by atoms with van der Waals surface area (Å²) in [5, 5.41) is 11.7. The molecular formula is C21H21NO5. The quantitative estimate of drug-likeness (QED) is 0.849. The molecule has 0 saturated carbocycles. The summed E-state index contributed by atoms with van der Waals surface area (Å²) in [6.45, 7) is 0.690. The van der Waals surface area contributed by atoms with Crippen LogP contribution in [0.25, 0.3) is 11.1 Å². The molecule has 0 bridgehead atoms. The molecule has 4 rings (SSSR count). The highest BCUT2D eigenvalue weighted by molar-refractivity contribution is 5.79. The summed E-state index contributed by atoms with van der Waals surface area (Å²) in [5.74, 6) is -1.35. The zero-order valence-electron chi connectivity index (χ0n) is 14.8. The Morgan fingerprint density at radius 2 is 1.70 bits per heavy atom. The van der Waals surface area contributed by atoms with Crippen LogP contribution in [0.15, 0.2) is 48.5 Å². The number of carboxylic acids is 1. The Morgan fingerprint density at radius 1 is 1.07 bits per heavy atom. The van der Waals surface area contributed by atoms with Crippen LogP contribution in [0.1, 0.15) is 23.5 Å². The first kappa shape index (κ1) is 17.5.